The van der Waals surface area contributed by atoms with Crippen molar-refractivity contribution in [3.05, 3.63) is 118 Å². The first-order chi connectivity index (χ1) is 20.8. The zero-order valence-electron chi connectivity index (χ0n) is 24.2. The molecule has 43 heavy (non-hydrogen) atoms. The van der Waals surface area contributed by atoms with Crippen LogP contribution in [0.25, 0.3) is 0 Å². The number of carboxylic acids is 2. The fraction of sp³-hybridized carbons (Fsp3) is 0.278. The Kier molecular flexibility index (Phi) is 11.7. The van der Waals surface area contributed by atoms with Gasteiger partial charge in [-0.3, -0.25) is 0 Å². The van der Waals surface area contributed by atoms with Gasteiger partial charge in [0.25, 0.3) is 0 Å². The van der Waals surface area contributed by atoms with Crippen LogP contribution in [0.3, 0.4) is 0 Å². The SMILES string of the molecule is O=C(O)c1ccc(O)c(Sc2c(O)ccc(C(=O)O)c2CCCCCc2ccccc2)c1CCCCCc1ccccc1. The van der Waals surface area contributed by atoms with Crippen LogP contribution < -0.4 is 0 Å². The van der Waals surface area contributed by atoms with Crippen molar-refractivity contribution in [1.82, 2.24) is 0 Å². The van der Waals surface area contributed by atoms with Crippen LogP contribution in [-0.2, 0) is 25.7 Å². The number of aromatic hydroxyl groups is 2. The highest BCUT2D eigenvalue weighted by atomic mass is 32.2. The largest absolute Gasteiger partial charge is 0.507 e. The van der Waals surface area contributed by atoms with Gasteiger partial charge in [0, 0.05) is 0 Å². The Balaban J connectivity index is 1.53. The first kappa shape index (κ1) is 31.7. The second kappa shape index (κ2) is 15.8. The molecule has 0 bridgehead atoms. The molecule has 4 aromatic rings. The van der Waals surface area contributed by atoms with Crippen molar-refractivity contribution in [2.75, 3.05) is 0 Å². The first-order valence-corrected chi connectivity index (χ1v) is 15.6. The van der Waals surface area contributed by atoms with E-state index in [1.165, 1.54) is 35.4 Å². The summed E-state index contributed by atoms with van der Waals surface area (Å²) in [6, 6.07) is 25.9. The van der Waals surface area contributed by atoms with Gasteiger partial charge in [0.2, 0.25) is 0 Å². The van der Waals surface area contributed by atoms with Crippen molar-refractivity contribution in [2.24, 2.45) is 0 Å². The van der Waals surface area contributed by atoms with Crippen molar-refractivity contribution < 1.29 is 30.0 Å². The monoisotopic (exact) mass is 598 g/mol. The van der Waals surface area contributed by atoms with Crippen molar-refractivity contribution in [3.63, 3.8) is 0 Å². The Hall–Kier alpha value is -4.23. The van der Waals surface area contributed by atoms with Crippen molar-refractivity contribution in [3.8, 4) is 11.5 Å². The maximum absolute atomic E-state index is 12.2. The molecule has 0 aromatic heterocycles. The topological polar surface area (TPSA) is 115 Å². The van der Waals surface area contributed by atoms with E-state index in [0.29, 0.717) is 33.8 Å². The summed E-state index contributed by atoms with van der Waals surface area (Å²) in [7, 11) is 0. The minimum absolute atomic E-state index is 0.0942. The number of unbranched alkanes of at least 4 members (excludes halogenated alkanes) is 4. The minimum atomic E-state index is -1.09. The summed E-state index contributed by atoms with van der Waals surface area (Å²) in [5.74, 6) is -2.38. The van der Waals surface area contributed by atoms with E-state index in [1.807, 2.05) is 36.4 Å². The Labute approximate surface area is 257 Å². The summed E-state index contributed by atoms with van der Waals surface area (Å²) in [4.78, 5) is 25.0. The quantitative estimate of drug-likeness (QED) is 0.0955. The molecule has 4 N–H and O–H groups in total. The minimum Gasteiger partial charge on any atom is -0.507 e. The third-order valence-corrected chi connectivity index (χ3v) is 8.93. The van der Waals surface area contributed by atoms with Gasteiger partial charge < -0.3 is 20.4 Å². The molecule has 224 valence electrons. The number of carbonyl (C=O) groups is 2. The van der Waals surface area contributed by atoms with Crippen molar-refractivity contribution in [2.45, 2.75) is 74.0 Å². The fourth-order valence-corrected chi connectivity index (χ4v) is 6.58. The number of hydrogen-bond acceptors (Lipinski definition) is 5. The highest BCUT2D eigenvalue weighted by molar-refractivity contribution is 7.99. The van der Waals surface area contributed by atoms with Gasteiger partial charge in [0.15, 0.2) is 0 Å². The standard InChI is InChI=1S/C36H38O6S/c37-31-23-21-29(35(39)40)27(19-11-3-9-17-25-13-5-1-6-14-25)33(31)43-34-28(30(36(41)42)22-24-32(34)38)20-12-4-10-18-26-15-7-2-8-16-26/h1-2,5-8,13-16,21-24,37-38H,3-4,9-12,17-20H2,(H,39,40)(H,41,42). The molecule has 0 atom stereocenters. The van der Waals surface area contributed by atoms with Crippen LogP contribution in [0.2, 0.25) is 0 Å². The summed E-state index contributed by atoms with van der Waals surface area (Å²) in [6.45, 7) is 0. The molecule has 0 aliphatic rings. The molecule has 6 nitrogen and oxygen atoms in total. The highest BCUT2D eigenvalue weighted by Crippen LogP contribution is 2.45. The van der Waals surface area contributed by atoms with E-state index in [9.17, 15) is 30.0 Å². The summed E-state index contributed by atoms with van der Waals surface area (Å²) in [5.41, 5.74) is 3.68. The molecule has 0 fully saturated rings. The van der Waals surface area contributed by atoms with E-state index in [4.69, 9.17) is 0 Å². The molecule has 0 heterocycles. The Morgan fingerprint density at radius 2 is 0.860 bits per heavy atom. The molecule has 0 amide bonds. The summed E-state index contributed by atoms with van der Waals surface area (Å²) >= 11 is 1.05. The lowest BCUT2D eigenvalue weighted by molar-refractivity contribution is 0.0684. The Morgan fingerprint density at radius 1 is 0.488 bits per heavy atom. The van der Waals surface area contributed by atoms with Crippen LogP contribution in [0.4, 0.5) is 0 Å². The molecule has 7 heteroatoms. The lowest BCUT2D eigenvalue weighted by Crippen LogP contribution is -2.07. The second-order valence-corrected chi connectivity index (χ2v) is 11.7. The van der Waals surface area contributed by atoms with E-state index < -0.39 is 11.9 Å². The van der Waals surface area contributed by atoms with Crippen LogP contribution in [-0.4, -0.2) is 32.4 Å². The second-order valence-electron chi connectivity index (χ2n) is 10.7. The molecule has 4 aromatic carbocycles. The van der Waals surface area contributed by atoms with Crippen LogP contribution >= 0.6 is 11.8 Å². The predicted octanol–water partition coefficient (Wildman–Crippen LogP) is 8.56. The third-order valence-electron chi connectivity index (χ3n) is 7.61. The molecule has 0 unspecified atom stereocenters. The Morgan fingerprint density at radius 3 is 1.23 bits per heavy atom. The average molecular weight is 599 g/mol. The predicted molar refractivity (Wildman–Crippen MR) is 170 cm³/mol. The van der Waals surface area contributed by atoms with E-state index in [1.54, 1.807) is 0 Å². The molecule has 0 aliphatic heterocycles. The van der Waals surface area contributed by atoms with Gasteiger partial charge in [-0.25, -0.2) is 9.59 Å². The molecule has 0 spiro atoms. The van der Waals surface area contributed by atoms with E-state index in [-0.39, 0.29) is 22.6 Å². The van der Waals surface area contributed by atoms with Gasteiger partial charge in [-0.2, -0.15) is 0 Å². The average Bonchev–Trinajstić information content (AvgIpc) is 3.00. The zero-order chi connectivity index (χ0) is 30.6. The molecule has 0 aliphatic carbocycles. The van der Waals surface area contributed by atoms with Crippen LogP contribution in [0, 0.1) is 0 Å². The number of aryl methyl sites for hydroxylation is 2. The number of hydrogen-bond donors (Lipinski definition) is 4. The number of phenolic OH excluding ortho intramolecular Hbond substituents is 2. The summed E-state index contributed by atoms with van der Waals surface area (Å²) < 4.78 is 0. The lowest BCUT2D eigenvalue weighted by Gasteiger charge is -2.18. The number of benzene rings is 4. The molecule has 0 radical (unpaired) electrons. The third kappa shape index (κ3) is 8.88. The van der Waals surface area contributed by atoms with Gasteiger partial charge >= 0.3 is 11.9 Å². The zero-order valence-corrected chi connectivity index (χ0v) is 25.0. The number of aromatic carboxylic acids is 2. The van der Waals surface area contributed by atoms with E-state index in [0.717, 1.165) is 63.1 Å². The molecule has 0 saturated carbocycles. The van der Waals surface area contributed by atoms with Crippen LogP contribution in [0.15, 0.2) is 94.7 Å². The highest BCUT2D eigenvalue weighted by Gasteiger charge is 2.23. The number of phenols is 2. The maximum Gasteiger partial charge on any atom is 0.336 e. The van der Waals surface area contributed by atoms with Gasteiger partial charge in [-0.15, -0.1) is 0 Å². The van der Waals surface area contributed by atoms with Crippen molar-refractivity contribution >= 4 is 23.7 Å². The van der Waals surface area contributed by atoms with Gasteiger partial charge in [0.1, 0.15) is 11.5 Å². The van der Waals surface area contributed by atoms with Gasteiger partial charge in [0.05, 0.1) is 20.9 Å². The van der Waals surface area contributed by atoms with Gasteiger partial charge in [-0.1, -0.05) is 85.3 Å². The van der Waals surface area contributed by atoms with E-state index >= 15 is 0 Å². The summed E-state index contributed by atoms with van der Waals surface area (Å²) in [6.07, 6.45) is 7.82. The summed E-state index contributed by atoms with van der Waals surface area (Å²) in [5, 5.41) is 41.7. The van der Waals surface area contributed by atoms with Gasteiger partial charge in [-0.05, 0) is 97.9 Å². The smallest absolute Gasteiger partial charge is 0.336 e. The first-order valence-electron chi connectivity index (χ1n) is 14.8. The molecular formula is C36H38O6S. The van der Waals surface area contributed by atoms with Crippen LogP contribution in [0.1, 0.15) is 81.5 Å². The number of rotatable bonds is 16. The normalized spacial score (nSPS) is 11.0. The molecule has 4 rings (SSSR count). The van der Waals surface area contributed by atoms with Crippen molar-refractivity contribution in [1.29, 1.82) is 0 Å². The Bertz CT molecular complexity index is 1400. The lowest BCUT2D eigenvalue weighted by atomic mass is 9.99. The fourth-order valence-electron chi connectivity index (χ4n) is 5.36. The van der Waals surface area contributed by atoms with E-state index in [2.05, 4.69) is 24.3 Å². The molecule has 0 saturated heterocycles. The molecular weight excluding hydrogens is 560 g/mol. The number of carboxylic acid groups (broad SMARTS) is 2. The maximum atomic E-state index is 12.2. The van der Waals surface area contributed by atoms with Crippen LogP contribution in [0.5, 0.6) is 11.5 Å².